The largest absolute Gasteiger partial charge is 0.353 e. The lowest BCUT2D eigenvalue weighted by atomic mass is 9.94. The number of likely N-dealkylation sites (N-methyl/N-ethyl adjacent to an activating group) is 1. The van der Waals surface area contributed by atoms with Crippen LogP contribution in [0.2, 0.25) is 0 Å². The molecule has 41 heavy (non-hydrogen) atoms. The molecule has 0 unspecified atom stereocenters. The van der Waals surface area contributed by atoms with E-state index in [0.717, 1.165) is 102 Å². The number of hydrogen-bond donors (Lipinski definition) is 4. The van der Waals surface area contributed by atoms with Gasteiger partial charge in [0.15, 0.2) is 0 Å². The first-order valence-corrected chi connectivity index (χ1v) is 14.3. The topological polar surface area (TPSA) is 131 Å². The van der Waals surface area contributed by atoms with Crippen molar-refractivity contribution in [3.05, 3.63) is 49.1 Å². The van der Waals surface area contributed by atoms with Gasteiger partial charge in [0.2, 0.25) is 5.91 Å². The Hall–Kier alpha value is -4.35. The third-order valence-corrected chi connectivity index (χ3v) is 8.28. The maximum absolute atomic E-state index is 12.7. The summed E-state index contributed by atoms with van der Waals surface area (Å²) in [6.07, 6.45) is 9.72. The number of aromatic amines is 2. The van der Waals surface area contributed by atoms with Crippen molar-refractivity contribution in [1.82, 2.24) is 40.3 Å². The van der Waals surface area contributed by atoms with Crippen LogP contribution in [0.3, 0.4) is 0 Å². The lowest BCUT2D eigenvalue weighted by Gasteiger charge is -2.33. The summed E-state index contributed by atoms with van der Waals surface area (Å²) in [5, 5.41) is 16.2. The number of carbonyl (C=O) groups is 1. The highest BCUT2D eigenvalue weighted by Gasteiger charge is 2.21. The number of fused-ring (bicyclic) bond motifs is 2. The summed E-state index contributed by atoms with van der Waals surface area (Å²) >= 11 is 0. The van der Waals surface area contributed by atoms with Crippen LogP contribution in [0.4, 0.5) is 11.5 Å². The van der Waals surface area contributed by atoms with Gasteiger partial charge >= 0.3 is 0 Å². The zero-order valence-electron chi connectivity index (χ0n) is 23.2. The molecular formula is C30H34N10O. The maximum atomic E-state index is 12.7. The molecule has 7 rings (SSSR count). The Labute approximate surface area is 237 Å². The molecule has 2 aliphatic heterocycles. The Bertz CT molecular complexity index is 1690. The monoisotopic (exact) mass is 550 g/mol. The molecule has 2 saturated heterocycles. The number of nitrogens with one attached hydrogen (secondary N) is 4. The molecule has 1 amide bonds. The summed E-state index contributed by atoms with van der Waals surface area (Å²) in [6.45, 7) is 5.91. The van der Waals surface area contributed by atoms with Gasteiger partial charge in [0.25, 0.3) is 0 Å². The third-order valence-electron chi connectivity index (χ3n) is 8.28. The highest BCUT2D eigenvalue weighted by Crippen LogP contribution is 2.34. The number of carbonyl (C=O) groups excluding carboxylic acids is 1. The molecule has 210 valence electrons. The summed E-state index contributed by atoms with van der Waals surface area (Å²) in [7, 11) is 2.16. The Balaban J connectivity index is 1.16. The Morgan fingerprint density at radius 3 is 2.71 bits per heavy atom. The molecule has 0 bridgehead atoms. The number of nitrogens with zero attached hydrogens (tertiary/aromatic N) is 6. The average molecular weight is 551 g/mol. The van der Waals surface area contributed by atoms with E-state index in [0.29, 0.717) is 18.0 Å². The fourth-order valence-corrected chi connectivity index (χ4v) is 5.93. The SMILES string of the molecule is CN1CCN(c2nccc3[nH]c(-c4n[nH]c5cnc(-c6cncc(NC(=O)CC7CCNCC7)c6)cc45)cc23)CC1. The van der Waals surface area contributed by atoms with E-state index < -0.39 is 0 Å². The molecule has 0 atom stereocenters. The van der Waals surface area contributed by atoms with Gasteiger partial charge in [-0.05, 0) is 63.2 Å². The molecular weight excluding hydrogens is 516 g/mol. The number of amides is 1. The molecule has 2 fully saturated rings. The third kappa shape index (κ3) is 5.25. The van der Waals surface area contributed by atoms with Crippen LogP contribution < -0.4 is 15.5 Å². The standard InChI is InChI=1S/C30H34N10O/c1-39-8-10-40(11-9-39)30-23-15-26(36-24(23)4-7-33-30)29-22-14-25(34-18-27(22)37-38-29)20-13-21(17-32-16-20)35-28(41)12-19-2-5-31-6-3-19/h4,7,13-19,31,36H,2-3,5-6,8-12H2,1H3,(H,35,41)(H,37,38). The number of H-pyrrole nitrogens is 2. The van der Waals surface area contributed by atoms with E-state index in [4.69, 9.17) is 4.98 Å². The van der Waals surface area contributed by atoms with Gasteiger partial charge < -0.3 is 25.4 Å². The van der Waals surface area contributed by atoms with Crippen LogP contribution in [-0.4, -0.2) is 87.3 Å². The average Bonchev–Trinajstić information content (AvgIpc) is 3.62. The smallest absolute Gasteiger partial charge is 0.224 e. The molecule has 5 aromatic rings. The van der Waals surface area contributed by atoms with Crippen LogP contribution >= 0.6 is 0 Å². The summed E-state index contributed by atoms with van der Waals surface area (Å²) in [5.74, 6) is 1.46. The first-order chi connectivity index (χ1) is 20.1. The lowest BCUT2D eigenvalue weighted by molar-refractivity contribution is -0.117. The second-order valence-electron chi connectivity index (χ2n) is 11.2. The van der Waals surface area contributed by atoms with Gasteiger partial charge in [-0.25, -0.2) is 4.98 Å². The first kappa shape index (κ1) is 25.6. The molecule has 11 heteroatoms. The fourth-order valence-electron chi connectivity index (χ4n) is 5.93. The van der Waals surface area contributed by atoms with Crippen LogP contribution in [0.25, 0.3) is 44.5 Å². The molecule has 0 aromatic carbocycles. The van der Waals surface area contributed by atoms with E-state index in [9.17, 15) is 4.79 Å². The van der Waals surface area contributed by atoms with E-state index in [2.05, 4.69) is 58.7 Å². The van der Waals surface area contributed by atoms with Crippen LogP contribution in [0, 0.1) is 5.92 Å². The summed E-state index contributed by atoms with van der Waals surface area (Å²) in [4.78, 5) is 34.7. The van der Waals surface area contributed by atoms with Crippen molar-refractivity contribution < 1.29 is 4.79 Å². The van der Waals surface area contributed by atoms with Gasteiger partial charge in [-0.15, -0.1) is 0 Å². The molecule has 0 saturated carbocycles. The Kier molecular flexibility index (Phi) is 6.81. The normalized spacial score (nSPS) is 17.0. The summed E-state index contributed by atoms with van der Waals surface area (Å²) in [6, 6.07) is 8.11. The zero-order chi connectivity index (χ0) is 27.8. The van der Waals surface area contributed by atoms with Crippen molar-refractivity contribution in [1.29, 1.82) is 0 Å². The predicted octanol–water partition coefficient (Wildman–Crippen LogP) is 3.64. The number of aromatic nitrogens is 6. The first-order valence-electron chi connectivity index (χ1n) is 14.3. The second-order valence-corrected chi connectivity index (χ2v) is 11.2. The van der Waals surface area contributed by atoms with Crippen molar-refractivity contribution in [2.75, 3.05) is 56.5 Å². The highest BCUT2D eigenvalue weighted by atomic mass is 16.1. The molecule has 0 spiro atoms. The summed E-state index contributed by atoms with van der Waals surface area (Å²) < 4.78 is 0. The second kappa shape index (κ2) is 10.9. The van der Waals surface area contributed by atoms with E-state index in [-0.39, 0.29) is 5.91 Å². The molecule has 7 heterocycles. The van der Waals surface area contributed by atoms with Crippen LogP contribution in [0.15, 0.2) is 49.1 Å². The van der Waals surface area contributed by atoms with Gasteiger partial charge in [-0.2, -0.15) is 5.10 Å². The van der Waals surface area contributed by atoms with Crippen LogP contribution in [0.1, 0.15) is 19.3 Å². The van der Waals surface area contributed by atoms with Gasteiger partial charge in [0, 0.05) is 61.3 Å². The van der Waals surface area contributed by atoms with Crippen molar-refractivity contribution in [2.45, 2.75) is 19.3 Å². The number of pyridine rings is 3. The van der Waals surface area contributed by atoms with Gasteiger partial charge in [0.05, 0.1) is 40.5 Å². The molecule has 0 radical (unpaired) electrons. The molecule has 0 aliphatic carbocycles. The zero-order valence-corrected chi connectivity index (χ0v) is 23.2. The van der Waals surface area contributed by atoms with Crippen molar-refractivity contribution in [3.63, 3.8) is 0 Å². The minimum atomic E-state index is 0.0284. The van der Waals surface area contributed by atoms with E-state index in [1.807, 2.05) is 24.4 Å². The number of anilines is 2. The molecule has 4 N–H and O–H groups in total. The summed E-state index contributed by atoms with van der Waals surface area (Å²) in [5.41, 5.74) is 5.89. The number of hydrogen-bond acceptors (Lipinski definition) is 8. The maximum Gasteiger partial charge on any atom is 0.224 e. The van der Waals surface area contributed by atoms with E-state index >= 15 is 0 Å². The van der Waals surface area contributed by atoms with E-state index in [1.54, 1.807) is 18.6 Å². The van der Waals surface area contributed by atoms with Gasteiger partial charge in [0.1, 0.15) is 11.5 Å². The molecule has 11 nitrogen and oxygen atoms in total. The minimum absolute atomic E-state index is 0.0284. The Morgan fingerprint density at radius 1 is 1.00 bits per heavy atom. The lowest BCUT2D eigenvalue weighted by Crippen LogP contribution is -2.44. The molecule has 2 aliphatic rings. The quantitative estimate of drug-likeness (QED) is 0.252. The number of piperidine rings is 1. The van der Waals surface area contributed by atoms with Crippen molar-refractivity contribution in [2.24, 2.45) is 5.92 Å². The molecule has 5 aromatic heterocycles. The van der Waals surface area contributed by atoms with Crippen LogP contribution in [-0.2, 0) is 4.79 Å². The number of rotatable bonds is 6. The Morgan fingerprint density at radius 2 is 1.85 bits per heavy atom. The number of piperazine rings is 1. The van der Waals surface area contributed by atoms with E-state index in [1.165, 1.54) is 0 Å². The van der Waals surface area contributed by atoms with Gasteiger partial charge in [-0.3, -0.25) is 19.9 Å². The van der Waals surface area contributed by atoms with Crippen molar-refractivity contribution >= 4 is 39.2 Å². The van der Waals surface area contributed by atoms with Crippen molar-refractivity contribution in [3.8, 4) is 22.6 Å². The van der Waals surface area contributed by atoms with Crippen LogP contribution in [0.5, 0.6) is 0 Å². The van der Waals surface area contributed by atoms with Gasteiger partial charge in [-0.1, -0.05) is 0 Å². The highest BCUT2D eigenvalue weighted by molar-refractivity contribution is 5.99. The minimum Gasteiger partial charge on any atom is -0.353 e. The predicted molar refractivity (Wildman–Crippen MR) is 161 cm³/mol. The fraction of sp³-hybridized carbons (Fsp3) is 0.367.